The number of nitrogens with one attached hydrogen (secondary N) is 1. The molecule has 2 aromatic rings. The van der Waals surface area contributed by atoms with E-state index in [0.29, 0.717) is 22.7 Å². The number of nitriles is 1. The van der Waals surface area contributed by atoms with Crippen molar-refractivity contribution >= 4 is 79.5 Å². The molecule has 0 saturated carbocycles. The van der Waals surface area contributed by atoms with E-state index >= 15 is 0 Å². The average Bonchev–Trinajstić information content (AvgIpc) is 2.96. The summed E-state index contributed by atoms with van der Waals surface area (Å²) in [6, 6.07) is 5.64. The number of nitrogens with zero attached hydrogens (tertiary/aromatic N) is 1. The largest absolute Gasteiger partial charge is 0.492 e. The van der Waals surface area contributed by atoms with Gasteiger partial charge in [-0.2, -0.15) is 5.26 Å². The molecule has 0 aliphatic heterocycles. The SMILES string of the molecule is CCOC(=O)c1c(NC(=O)C(C#N)=Cc2cc(I)c(OCC)c(I)c2)sc(C)c1C. The maximum Gasteiger partial charge on any atom is 0.341 e. The maximum atomic E-state index is 12.8. The first kappa shape index (κ1) is 24.6. The second-order valence-corrected chi connectivity index (χ2v) is 9.63. The van der Waals surface area contributed by atoms with Crippen LogP contribution in [-0.4, -0.2) is 25.1 Å². The summed E-state index contributed by atoms with van der Waals surface area (Å²) < 4.78 is 12.5. The van der Waals surface area contributed by atoms with Crippen LogP contribution in [0.2, 0.25) is 0 Å². The predicted molar refractivity (Wildman–Crippen MR) is 135 cm³/mol. The topological polar surface area (TPSA) is 88.4 Å². The van der Waals surface area contributed by atoms with Crippen molar-refractivity contribution < 1.29 is 19.1 Å². The molecule has 0 aliphatic rings. The van der Waals surface area contributed by atoms with Crippen LogP contribution >= 0.6 is 56.5 Å². The number of amides is 1. The molecule has 0 bridgehead atoms. The molecule has 30 heavy (non-hydrogen) atoms. The Balaban J connectivity index is 2.36. The van der Waals surface area contributed by atoms with Gasteiger partial charge < -0.3 is 14.8 Å². The van der Waals surface area contributed by atoms with Crippen molar-refractivity contribution in [3.63, 3.8) is 0 Å². The number of anilines is 1. The highest BCUT2D eigenvalue weighted by Crippen LogP contribution is 2.34. The van der Waals surface area contributed by atoms with Crippen LogP contribution in [0.5, 0.6) is 5.75 Å². The van der Waals surface area contributed by atoms with Gasteiger partial charge >= 0.3 is 5.97 Å². The third-order valence-electron chi connectivity index (χ3n) is 4.08. The van der Waals surface area contributed by atoms with Crippen molar-refractivity contribution in [2.24, 2.45) is 0 Å². The molecule has 0 spiro atoms. The number of rotatable bonds is 7. The quantitative estimate of drug-likeness (QED) is 0.180. The normalized spacial score (nSPS) is 11.0. The summed E-state index contributed by atoms with van der Waals surface area (Å²) in [4.78, 5) is 26.0. The van der Waals surface area contributed by atoms with Gasteiger partial charge in [-0.25, -0.2) is 4.79 Å². The van der Waals surface area contributed by atoms with Gasteiger partial charge in [-0.15, -0.1) is 11.3 Å². The zero-order valence-electron chi connectivity index (χ0n) is 16.9. The highest BCUT2D eigenvalue weighted by Gasteiger charge is 2.23. The van der Waals surface area contributed by atoms with Crippen LogP contribution in [0.15, 0.2) is 17.7 Å². The first-order chi connectivity index (χ1) is 14.2. The summed E-state index contributed by atoms with van der Waals surface area (Å²) in [7, 11) is 0. The standard InChI is InChI=1S/C21H20I2N2O4S/c1-5-28-18-15(22)8-13(9-16(18)23)7-14(10-24)19(26)25-20-17(21(27)29-6-2)11(3)12(4)30-20/h7-9H,5-6H2,1-4H3,(H,25,26). The fraction of sp³-hybridized carbons (Fsp3) is 0.286. The number of carbonyl (C=O) groups excluding carboxylic acids is 2. The van der Waals surface area contributed by atoms with E-state index in [9.17, 15) is 14.9 Å². The van der Waals surface area contributed by atoms with Gasteiger partial charge in [0.1, 0.15) is 22.4 Å². The average molecular weight is 650 g/mol. The van der Waals surface area contributed by atoms with Gasteiger partial charge in [0.25, 0.3) is 5.91 Å². The van der Waals surface area contributed by atoms with Gasteiger partial charge in [-0.3, -0.25) is 4.79 Å². The van der Waals surface area contributed by atoms with E-state index in [-0.39, 0.29) is 12.2 Å². The number of benzene rings is 1. The van der Waals surface area contributed by atoms with Crippen molar-refractivity contribution in [1.82, 2.24) is 0 Å². The Morgan fingerprint density at radius 1 is 1.20 bits per heavy atom. The molecule has 1 amide bonds. The van der Waals surface area contributed by atoms with E-state index in [2.05, 4.69) is 50.5 Å². The molecule has 158 valence electrons. The van der Waals surface area contributed by atoms with Crippen molar-refractivity contribution in [3.05, 3.63) is 46.4 Å². The molecule has 0 radical (unpaired) electrons. The monoisotopic (exact) mass is 650 g/mol. The summed E-state index contributed by atoms with van der Waals surface area (Å²) in [5, 5.41) is 12.6. The van der Waals surface area contributed by atoms with Gasteiger partial charge in [-0.05, 0) is 102 Å². The highest BCUT2D eigenvalue weighted by molar-refractivity contribution is 14.1. The fourth-order valence-electron chi connectivity index (χ4n) is 2.59. The minimum absolute atomic E-state index is 0.0655. The van der Waals surface area contributed by atoms with Gasteiger partial charge in [-0.1, -0.05) is 0 Å². The molecular weight excluding hydrogens is 630 g/mol. The number of esters is 1. The van der Waals surface area contributed by atoms with Crippen LogP contribution in [0.1, 0.15) is 40.2 Å². The number of hydrogen-bond donors (Lipinski definition) is 1. The Morgan fingerprint density at radius 3 is 2.37 bits per heavy atom. The van der Waals surface area contributed by atoms with Gasteiger partial charge in [0, 0.05) is 4.88 Å². The van der Waals surface area contributed by atoms with Crippen LogP contribution in [0, 0.1) is 32.3 Å². The lowest BCUT2D eigenvalue weighted by Crippen LogP contribution is -2.16. The molecule has 0 fully saturated rings. The van der Waals surface area contributed by atoms with Gasteiger partial charge in [0.05, 0.1) is 25.9 Å². The van der Waals surface area contributed by atoms with Gasteiger partial charge in [0.2, 0.25) is 0 Å². The third kappa shape index (κ3) is 5.73. The molecule has 9 heteroatoms. The molecule has 1 aromatic carbocycles. The maximum absolute atomic E-state index is 12.8. The molecule has 6 nitrogen and oxygen atoms in total. The first-order valence-electron chi connectivity index (χ1n) is 9.05. The minimum Gasteiger partial charge on any atom is -0.492 e. The smallest absolute Gasteiger partial charge is 0.341 e. The second-order valence-electron chi connectivity index (χ2n) is 6.08. The lowest BCUT2D eigenvalue weighted by atomic mass is 10.1. The van der Waals surface area contributed by atoms with E-state index in [1.807, 2.05) is 32.0 Å². The Bertz CT molecular complexity index is 1030. The van der Waals surface area contributed by atoms with Crippen LogP contribution in [-0.2, 0) is 9.53 Å². The van der Waals surface area contributed by atoms with Crippen molar-refractivity contribution in [3.8, 4) is 11.8 Å². The number of carbonyl (C=O) groups is 2. The van der Waals surface area contributed by atoms with Crippen LogP contribution in [0.4, 0.5) is 5.00 Å². The van der Waals surface area contributed by atoms with E-state index in [0.717, 1.165) is 23.3 Å². The van der Waals surface area contributed by atoms with E-state index < -0.39 is 11.9 Å². The van der Waals surface area contributed by atoms with E-state index in [1.165, 1.54) is 17.4 Å². The first-order valence-corrected chi connectivity index (χ1v) is 12.0. The molecule has 1 aromatic heterocycles. The lowest BCUT2D eigenvalue weighted by Gasteiger charge is -2.10. The molecule has 0 aliphatic carbocycles. The van der Waals surface area contributed by atoms with E-state index in [1.54, 1.807) is 13.8 Å². The summed E-state index contributed by atoms with van der Waals surface area (Å²) in [5.74, 6) is -0.293. The van der Waals surface area contributed by atoms with Crippen LogP contribution < -0.4 is 10.1 Å². The molecule has 1 heterocycles. The molecule has 2 rings (SSSR count). The Hall–Kier alpha value is -1.65. The molecule has 0 unspecified atom stereocenters. The predicted octanol–water partition coefficient (Wildman–Crippen LogP) is 5.70. The molecular formula is C21H20I2N2O4S. The Morgan fingerprint density at radius 2 is 1.83 bits per heavy atom. The number of thiophene rings is 1. The Kier molecular flexibility index (Phi) is 9.11. The van der Waals surface area contributed by atoms with Crippen LogP contribution in [0.25, 0.3) is 6.08 Å². The lowest BCUT2D eigenvalue weighted by molar-refractivity contribution is -0.112. The summed E-state index contributed by atoms with van der Waals surface area (Å²) in [6.45, 7) is 8.09. The summed E-state index contributed by atoms with van der Waals surface area (Å²) in [6.07, 6.45) is 1.52. The van der Waals surface area contributed by atoms with Crippen LogP contribution in [0.3, 0.4) is 0 Å². The van der Waals surface area contributed by atoms with Gasteiger partial charge in [0.15, 0.2) is 0 Å². The van der Waals surface area contributed by atoms with Crippen molar-refractivity contribution in [2.45, 2.75) is 27.7 Å². The summed E-state index contributed by atoms with van der Waals surface area (Å²) in [5.41, 5.74) is 1.73. The van der Waals surface area contributed by atoms with E-state index in [4.69, 9.17) is 9.47 Å². The number of hydrogen-bond acceptors (Lipinski definition) is 6. The molecule has 0 atom stereocenters. The number of aryl methyl sites for hydroxylation is 1. The third-order valence-corrected chi connectivity index (χ3v) is 6.80. The second kappa shape index (κ2) is 11.1. The molecule has 0 saturated heterocycles. The fourth-order valence-corrected chi connectivity index (χ4v) is 5.77. The highest BCUT2D eigenvalue weighted by atomic mass is 127. The van der Waals surface area contributed by atoms with Crippen molar-refractivity contribution in [1.29, 1.82) is 5.26 Å². The minimum atomic E-state index is -0.580. The summed E-state index contributed by atoms with van der Waals surface area (Å²) >= 11 is 5.61. The number of halogens is 2. The zero-order chi connectivity index (χ0) is 22.4. The number of ether oxygens (including phenoxy) is 2. The zero-order valence-corrected chi connectivity index (χ0v) is 22.0. The van der Waals surface area contributed by atoms with Crippen molar-refractivity contribution in [2.75, 3.05) is 18.5 Å². The molecule has 1 N–H and O–H groups in total. The Labute approximate surface area is 206 Å².